The Morgan fingerprint density at radius 3 is 2.53 bits per heavy atom. The van der Waals surface area contributed by atoms with E-state index in [-0.39, 0.29) is 5.82 Å². The van der Waals surface area contributed by atoms with Crippen molar-refractivity contribution in [2.24, 2.45) is 11.8 Å². The van der Waals surface area contributed by atoms with Crippen LogP contribution in [-0.4, -0.2) is 12.6 Å². The quantitative estimate of drug-likeness (QED) is 0.742. The normalized spacial score (nSPS) is 18.3. The Bertz CT molecular complexity index is 369. The van der Waals surface area contributed by atoms with Crippen molar-refractivity contribution < 1.29 is 4.39 Å². The van der Waals surface area contributed by atoms with E-state index in [1.54, 1.807) is 12.1 Å². The van der Waals surface area contributed by atoms with Crippen molar-refractivity contribution in [3.63, 3.8) is 0 Å². The molecule has 1 aliphatic rings. The molecule has 1 fully saturated rings. The maximum Gasteiger partial charge on any atom is 0.123 e. The lowest BCUT2D eigenvalue weighted by Gasteiger charge is -2.24. The summed E-state index contributed by atoms with van der Waals surface area (Å²) in [6, 6.07) is 7.77. The summed E-state index contributed by atoms with van der Waals surface area (Å²) >= 11 is 0. The minimum absolute atomic E-state index is 0.141. The van der Waals surface area contributed by atoms with E-state index in [9.17, 15) is 4.39 Å². The van der Waals surface area contributed by atoms with Crippen LogP contribution in [0.15, 0.2) is 24.3 Å². The molecule has 1 N–H and O–H groups in total. The number of rotatable bonds is 8. The van der Waals surface area contributed by atoms with Gasteiger partial charge in [0.2, 0.25) is 0 Å². The molecule has 106 valence electrons. The van der Waals surface area contributed by atoms with Crippen LogP contribution < -0.4 is 5.32 Å². The summed E-state index contributed by atoms with van der Waals surface area (Å²) in [5.74, 6) is 1.24. The molecule has 1 saturated carbocycles. The lowest BCUT2D eigenvalue weighted by molar-refractivity contribution is 0.317. The zero-order valence-electron chi connectivity index (χ0n) is 12.2. The lowest BCUT2D eigenvalue weighted by Crippen LogP contribution is -2.30. The van der Waals surface area contributed by atoms with E-state index in [2.05, 4.69) is 19.2 Å². The number of nitrogens with one attached hydrogen (secondary N) is 1. The molecule has 0 bridgehead atoms. The van der Waals surface area contributed by atoms with Crippen LogP contribution in [0.1, 0.15) is 45.1 Å². The minimum Gasteiger partial charge on any atom is -0.314 e. The van der Waals surface area contributed by atoms with E-state index in [4.69, 9.17) is 0 Å². The van der Waals surface area contributed by atoms with Gasteiger partial charge in [-0.05, 0) is 55.3 Å². The van der Waals surface area contributed by atoms with Gasteiger partial charge < -0.3 is 5.32 Å². The van der Waals surface area contributed by atoms with Crippen LogP contribution in [0.25, 0.3) is 0 Å². The molecule has 1 aromatic rings. The van der Waals surface area contributed by atoms with E-state index in [1.165, 1.54) is 31.2 Å². The summed E-state index contributed by atoms with van der Waals surface area (Å²) in [5, 5.41) is 3.65. The van der Waals surface area contributed by atoms with Crippen molar-refractivity contribution in [3.05, 3.63) is 35.6 Å². The fourth-order valence-corrected chi connectivity index (χ4v) is 2.69. The summed E-state index contributed by atoms with van der Waals surface area (Å²) in [4.78, 5) is 0. The van der Waals surface area contributed by atoms with Gasteiger partial charge in [0.1, 0.15) is 5.82 Å². The van der Waals surface area contributed by atoms with Crippen molar-refractivity contribution in [3.8, 4) is 0 Å². The van der Waals surface area contributed by atoms with Crippen molar-refractivity contribution in [2.45, 2.75) is 52.0 Å². The Kier molecular flexibility index (Phi) is 5.38. The van der Waals surface area contributed by atoms with Gasteiger partial charge in [0.25, 0.3) is 0 Å². The van der Waals surface area contributed by atoms with E-state index in [0.717, 1.165) is 24.9 Å². The summed E-state index contributed by atoms with van der Waals surface area (Å²) in [6.45, 7) is 5.70. The topological polar surface area (TPSA) is 12.0 Å². The van der Waals surface area contributed by atoms with Gasteiger partial charge in [-0.2, -0.15) is 0 Å². The third-order valence-electron chi connectivity index (χ3n) is 4.21. The Morgan fingerprint density at radius 2 is 1.95 bits per heavy atom. The van der Waals surface area contributed by atoms with E-state index < -0.39 is 0 Å². The molecule has 0 saturated heterocycles. The number of hydrogen-bond acceptors (Lipinski definition) is 1. The molecular formula is C17H26FN. The zero-order valence-corrected chi connectivity index (χ0v) is 12.2. The van der Waals surface area contributed by atoms with E-state index in [0.29, 0.717) is 5.92 Å². The number of halogens is 1. The highest BCUT2D eigenvalue weighted by molar-refractivity contribution is 5.16. The first-order chi connectivity index (χ1) is 9.19. The second kappa shape index (κ2) is 7.04. The smallest absolute Gasteiger partial charge is 0.123 e. The number of hydrogen-bond donors (Lipinski definition) is 1. The van der Waals surface area contributed by atoms with Gasteiger partial charge >= 0.3 is 0 Å². The predicted molar refractivity (Wildman–Crippen MR) is 78.7 cm³/mol. The molecule has 0 aromatic heterocycles. The Morgan fingerprint density at radius 1 is 1.26 bits per heavy atom. The van der Waals surface area contributed by atoms with Crippen LogP contribution in [0.5, 0.6) is 0 Å². The summed E-state index contributed by atoms with van der Waals surface area (Å²) in [7, 11) is 0. The molecule has 2 unspecified atom stereocenters. The molecule has 0 heterocycles. The van der Waals surface area contributed by atoms with Crippen LogP contribution in [0.3, 0.4) is 0 Å². The van der Waals surface area contributed by atoms with Gasteiger partial charge in [-0.3, -0.25) is 0 Å². The molecule has 1 nitrogen and oxygen atoms in total. The molecule has 2 heteroatoms. The summed E-state index contributed by atoms with van der Waals surface area (Å²) in [5.41, 5.74) is 1.26. The van der Waals surface area contributed by atoms with Crippen LogP contribution in [-0.2, 0) is 6.42 Å². The molecule has 0 spiro atoms. The maximum absolute atomic E-state index is 13.0. The first-order valence-electron chi connectivity index (χ1n) is 7.67. The average Bonchev–Trinajstić information content (AvgIpc) is 3.21. The molecular weight excluding hydrogens is 237 g/mol. The van der Waals surface area contributed by atoms with Crippen LogP contribution in [0.2, 0.25) is 0 Å². The summed E-state index contributed by atoms with van der Waals surface area (Å²) < 4.78 is 13.0. The van der Waals surface area contributed by atoms with Gasteiger partial charge in [-0.25, -0.2) is 4.39 Å². The van der Waals surface area contributed by atoms with Crippen LogP contribution >= 0.6 is 0 Å². The van der Waals surface area contributed by atoms with E-state index in [1.807, 2.05) is 12.1 Å². The monoisotopic (exact) mass is 263 g/mol. The minimum atomic E-state index is -0.141. The molecule has 0 radical (unpaired) electrons. The summed E-state index contributed by atoms with van der Waals surface area (Å²) in [6.07, 6.45) is 6.25. The van der Waals surface area contributed by atoms with Crippen molar-refractivity contribution >= 4 is 0 Å². The molecule has 1 aromatic carbocycles. The molecule has 2 rings (SSSR count). The highest BCUT2D eigenvalue weighted by atomic mass is 19.1. The first kappa shape index (κ1) is 14.5. The second-order valence-electron chi connectivity index (χ2n) is 6.04. The van der Waals surface area contributed by atoms with E-state index >= 15 is 0 Å². The zero-order chi connectivity index (χ0) is 13.7. The third-order valence-corrected chi connectivity index (χ3v) is 4.21. The van der Waals surface area contributed by atoms with Crippen molar-refractivity contribution in [1.82, 2.24) is 5.32 Å². The SMILES string of the molecule is CCCC(C)C(CNC1CC1)Cc1ccc(F)cc1. The molecule has 0 amide bonds. The van der Waals surface area contributed by atoms with Crippen LogP contribution in [0.4, 0.5) is 4.39 Å². The first-order valence-corrected chi connectivity index (χ1v) is 7.67. The van der Waals surface area contributed by atoms with Gasteiger partial charge in [-0.15, -0.1) is 0 Å². The number of benzene rings is 1. The molecule has 0 aliphatic heterocycles. The Labute approximate surface area is 116 Å². The average molecular weight is 263 g/mol. The lowest BCUT2D eigenvalue weighted by atomic mass is 9.85. The predicted octanol–water partition coefficient (Wildman–Crippen LogP) is 4.17. The van der Waals surface area contributed by atoms with Gasteiger partial charge in [0, 0.05) is 6.04 Å². The highest BCUT2D eigenvalue weighted by Crippen LogP contribution is 2.24. The van der Waals surface area contributed by atoms with Gasteiger partial charge in [0.15, 0.2) is 0 Å². The fraction of sp³-hybridized carbons (Fsp3) is 0.647. The standard InChI is InChI=1S/C17H26FN/c1-3-4-13(2)15(12-19-17-9-10-17)11-14-5-7-16(18)8-6-14/h5-8,13,15,17,19H,3-4,9-12H2,1-2H3. The third kappa shape index (κ3) is 4.94. The van der Waals surface area contributed by atoms with Crippen molar-refractivity contribution in [2.75, 3.05) is 6.54 Å². The molecule has 1 aliphatic carbocycles. The second-order valence-corrected chi connectivity index (χ2v) is 6.04. The van der Waals surface area contributed by atoms with Gasteiger partial charge in [0.05, 0.1) is 0 Å². The van der Waals surface area contributed by atoms with Crippen molar-refractivity contribution in [1.29, 1.82) is 0 Å². The largest absolute Gasteiger partial charge is 0.314 e. The Balaban J connectivity index is 1.92. The molecule has 2 atom stereocenters. The van der Waals surface area contributed by atoms with Gasteiger partial charge in [-0.1, -0.05) is 38.8 Å². The Hall–Kier alpha value is -0.890. The highest BCUT2D eigenvalue weighted by Gasteiger charge is 2.24. The maximum atomic E-state index is 13.0. The molecule has 19 heavy (non-hydrogen) atoms. The fourth-order valence-electron chi connectivity index (χ4n) is 2.69. The van der Waals surface area contributed by atoms with Crippen LogP contribution in [0, 0.1) is 17.7 Å².